The van der Waals surface area contributed by atoms with E-state index in [9.17, 15) is 4.79 Å². The molecule has 5 aromatic rings. The topological polar surface area (TPSA) is 108 Å². The lowest BCUT2D eigenvalue weighted by atomic mass is 10.1. The number of aromatic nitrogens is 4. The van der Waals surface area contributed by atoms with Crippen LogP contribution < -0.4 is 10.6 Å². The number of rotatable bonds is 6. The second-order valence-electron chi connectivity index (χ2n) is 7.12. The molecule has 0 unspecified atom stereocenters. The fourth-order valence-electron chi connectivity index (χ4n) is 3.49. The Kier molecular flexibility index (Phi) is 4.72. The first-order chi connectivity index (χ1) is 15.2. The lowest BCUT2D eigenvalue weighted by Gasteiger charge is -2.09. The third kappa shape index (κ3) is 3.91. The number of aromatic amines is 2. The zero-order chi connectivity index (χ0) is 21.2. The largest absolute Gasteiger partial charge is 0.464 e. The first-order valence-electron chi connectivity index (χ1n) is 9.79. The minimum Gasteiger partial charge on any atom is -0.464 e. The summed E-state index contributed by atoms with van der Waals surface area (Å²) in [6.07, 6.45) is 3.64. The van der Waals surface area contributed by atoms with E-state index in [0.29, 0.717) is 24.0 Å². The van der Waals surface area contributed by atoms with Gasteiger partial charge in [0.1, 0.15) is 11.5 Å². The molecule has 154 valence electrons. The second-order valence-corrected chi connectivity index (χ2v) is 7.12. The van der Waals surface area contributed by atoms with E-state index in [2.05, 4.69) is 54.8 Å². The Morgan fingerprint density at radius 3 is 2.84 bits per heavy atom. The molecule has 0 radical (unpaired) electrons. The minimum atomic E-state index is -0.395. The van der Waals surface area contributed by atoms with Crippen molar-refractivity contribution < 1.29 is 9.53 Å². The summed E-state index contributed by atoms with van der Waals surface area (Å²) >= 11 is 0. The van der Waals surface area contributed by atoms with Gasteiger partial charge in [-0.25, -0.2) is 9.78 Å². The zero-order valence-corrected chi connectivity index (χ0v) is 16.8. The summed E-state index contributed by atoms with van der Waals surface area (Å²) in [4.78, 5) is 26.8. The molecule has 0 aliphatic heterocycles. The number of anilines is 3. The van der Waals surface area contributed by atoms with Gasteiger partial charge < -0.3 is 25.3 Å². The summed E-state index contributed by atoms with van der Waals surface area (Å²) in [7, 11) is 1.36. The maximum Gasteiger partial charge on any atom is 0.354 e. The van der Waals surface area contributed by atoms with Crippen LogP contribution in [0, 0.1) is 0 Å². The van der Waals surface area contributed by atoms with Crippen LogP contribution >= 0.6 is 0 Å². The van der Waals surface area contributed by atoms with E-state index >= 15 is 0 Å². The van der Waals surface area contributed by atoms with E-state index in [1.165, 1.54) is 12.5 Å². The molecule has 0 fully saturated rings. The minimum absolute atomic E-state index is 0.395. The van der Waals surface area contributed by atoms with Crippen molar-refractivity contribution in [3.05, 3.63) is 78.2 Å². The molecular formula is C23H20N6O2. The fraction of sp³-hybridized carbons (Fsp3) is 0.0870. The maximum atomic E-state index is 11.7. The number of nitrogens with one attached hydrogen (secondary N) is 4. The van der Waals surface area contributed by atoms with Crippen molar-refractivity contribution in [3.8, 4) is 0 Å². The van der Waals surface area contributed by atoms with Crippen molar-refractivity contribution in [2.24, 2.45) is 0 Å². The van der Waals surface area contributed by atoms with Gasteiger partial charge in [-0.15, -0.1) is 0 Å². The number of methoxy groups -OCH3 is 1. The predicted octanol–water partition coefficient (Wildman–Crippen LogP) is 4.58. The average molecular weight is 412 g/mol. The molecule has 3 heterocycles. The van der Waals surface area contributed by atoms with Gasteiger partial charge in [0.15, 0.2) is 0 Å². The molecular weight excluding hydrogens is 392 g/mol. The van der Waals surface area contributed by atoms with E-state index in [4.69, 9.17) is 4.74 Å². The third-order valence-corrected chi connectivity index (χ3v) is 5.02. The van der Waals surface area contributed by atoms with Gasteiger partial charge in [-0.2, -0.15) is 4.98 Å². The molecule has 0 aliphatic carbocycles. The van der Waals surface area contributed by atoms with E-state index < -0.39 is 5.97 Å². The first-order valence-corrected chi connectivity index (χ1v) is 9.79. The SMILES string of the molecule is COC(=O)c1cc2cc(Nc3ccnc(NCc4ccc5[nH]ccc5c4)n3)ccc2[nH]1. The van der Waals surface area contributed by atoms with E-state index in [-0.39, 0.29) is 0 Å². The highest BCUT2D eigenvalue weighted by Crippen LogP contribution is 2.23. The smallest absolute Gasteiger partial charge is 0.354 e. The summed E-state index contributed by atoms with van der Waals surface area (Å²) < 4.78 is 4.77. The lowest BCUT2D eigenvalue weighted by Crippen LogP contribution is -2.04. The number of benzene rings is 2. The number of hydrogen-bond donors (Lipinski definition) is 4. The molecule has 0 spiro atoms. The van der Waals surface area contributed by atoms with Crippen LogP contribution in [0.1, 0.15) is 16.1 Å². The number of carbonyl (C=O) groups excluding carboxylic acids is 1. The highest BCUT2D eigenvalue weighted by atomic mass is 16.5. The zero-order valence-electron chi connectivity index (χ0n) is 16.8. The van der Waals surface area contributed by atoms with Crippen LogP contribution in [0.25, 0.3) is 21.8 Å². The van der Waals surface area contributed by atoms with E-state index in [1.54, 1.807) is 18.3 Å². The van der Waals surface area contributed by atoms with Gasteiger partial charge >= 0.3 is 5.97 Å². The molecule has 31 heavy (non-hydrogen) atoms. The van der Waals surface area contributed by atoms with Crippen LogP contribution in [0.4, 0.5) is 17.5 Å². The highest BCUT2D eigenvalue weighted by molar-refractivity contribution is 5.95. The van der Waals surface area contributed by atoms with Crippen molar-refractivity contribution in [1.82, 2.24) is 19.9 Å². The molecule has 3 aromatic heterocycles. The highest BCUT2D eigenvalue weighted by Gasteiger charge is 2.10. The van der Waals surface area contributed by atoms with Gasteiger partial charge in [0.05, 0.1) is 7.11 Å². The van der Waals surface area contributed by atoms with Crippen LogP contribution in [-0.2, 0) is 11.3 Å². The Bertz CT molecular complexity index is 1390. The molecule has 8 nitrogen and oxygen atoms in total. The van der Waals surface area contributed by atoms with E-state index in [0.717, 1.165) is 27.7 Å². The van der Waals surface area contributed by atoms with Gasteiger partial charge in [-0.05, 0) is 59.5 Å². The quantitative estimate of drug-likeness (QED) is 0.304. The van der Waals surface area contributed by atoms with Gasteiger partial charge in [0, 0.05) is 41.0 Å². The average Bonchev–Trinajstić information content (AvgIpc) is 3.43. The fourth-order valence-corrected chi connectivity index (χ4v) is 3.49. The van der Waals surface area contributed by atoms with E-state index in [1.807, 2.05) is 24.4 Å². The molecule has 0 bridgehead atoms. The summed E-state index contributed by atoms with van der Waals surface area (Å²) in [5.41, 5.74) is 4.39. The normalized spacial score (nSPS) is 11.0. The third-order valence-electron chi connectivity index (χ3n) is 5.02. The predicted molar refractivity (Wildman–Crippen MR) is 121 cm³/mol. The Morgan fingerprint density at radius 1 is 1.03 bits per heavy atom. The van der Waals surface area contributed by atoms with Crippen molar-refractivity contribution in [2.45, 2.75) is 6.54 Å². The van der Waals surface area contributed by atoms with Crippen LogP contribution in [0.2, 0.25) is 0 Å². The molecule has 0 atom stereocenters. The van der Waals surface area contributed by atoms with Crippen LogP contribution in [0.15, 0.2) is 67.0 Å². The summed E-state index contributed by atoms with van der Waals surface area (Å²) in [5.74, 6) is 0.810. The van der Waals surface area contributed by atoms with Crippen LogP contribution in [0.3, 0.4) is 0 Å². The first kappa shape index (κ1) is 18.7. The summed E-state index contributed by atoms with van der Waals surface area (Å²) in [5, 5.41) is 8.62. The summed E-state index contributed by atoms with van der Waals surface area (Å²) in [6, 6.07) is 17.7. The van der Waals surface area contributed by atoms with Gasteiger partial charge in [-0.3, -0.25) is 0 Å². The number of ether oxygens (including phenoxy) is 1. The number of H-pyrrole nitrogens is 2. The molecule has 0 saturated carbocycles. The number of esters is 1. The summed E-state index contributed by atoms with van der Waals surface area (Å²) in [6.45, 7) is 0.621. The Balaban J connectivity index is 1.29. The monoisotopic (exact) mass is 412 g/mol. The lowest BCUT2D eigenvalue weighted by molar-refractivity contribution is 0.0595. The molecule has 5 rings (SSSR count). The maximum absolute atomic E-state index is 11.7. The van der Waals surface area contributed by atoms with Gasteiger partial charge in [-0.1, -0.05) is 6.07 Å². The Hall–Kier alpha value is -4.33. The molecule has 0 saturated heterocycles. The van der Waals surface area contributed by atoms with Crippen LogP contribution in [0.5, 0.6) is 0 Å². The van der Waals surface area contributed by atoms with Gasteiger partial charge in [0.25, 0.3) is 0 Å². The molecule has 0 aliphatic rings. The van der Waals surface area contributed by atoms with Crippen molar-refractivity contribution in [1.29, 1.82) is 0 Å². The second kappa shape index (κ2) is 7.83. The van der Waals surface area contributed by atoms with Crippen LogP contribution in [-0.4, -0.2) is 33.0 Å². The van der Waals surface area contributed by atoms with Crippen molar-refractivity contribution in [2.75, 3.05) is 17.7 Å². The number of nitrogens with zero attached hydrogens (tertiary/aromatic N) is 2. The molecule has 8 heteroatoms. The molecule has 2 aromatic carbocycles. The van der Waals surface area contributed by atoms with Crippen molar-refractivity contribution in [3.63, 3.8) is 0 Å². The van der Waals surface area contributed by atoms with Gasteiger partial charge in [0.2, 0.25) is 5.95 Å². The number of fused-ring (bicyclic) bond motifs is 2. The Labute approximate surface area is 177 Å². The number of hydrogen-bond acceptors (Lipinski definition) is 6. The molecule has 4 N–H and O–H groups in total. The molecule has 0 amide bonds. The van der Waals surface area contributed by atoms with Crippen molar-refractivity contribution >= 4 is 45.2 Å². The Morgan fingerprint density at radius 2 is 1.94 bits per heavy atom. The standard InChI is InChI=1S/C23H20N6O2/c1-31-22(30)20-12-16-11-17(3-5-19(16)28-20)27-21-7-9-25-23(29-21)26-13-14-2-4-18-15(10-14)6-8-24-18/h2-12,24,28H,13H2,1H3,(H2,25,26,27,29). The number of carbonyl (C=O) groups is 1.